The minimum Gasteiger partial charge on any atom is -0.338 e. The van der Waals surface area contributed by atoms with E-state index in [4.69, 9.17) is 0 Å². The third kappa shape index (κ3) is 3.75. The first-order valence-electron chi connectivity index (χ1n) is 7.87. The number of halogens is 1. The lowest BCUT2D eigenvalue weighted by Crippen LogP contribution is -2.32. The Morgan fingerprint density at radius 1 is 1.13 bits per heavy atom. The molecule has 1 atom stereocenters. The van der Waals surface area contributed by atoms with Crippen LogP contribution in [-0.2, 0) is 0 Å². The van der Waals surface area contributed by atoms with Gasteiger partial charge in [0.1, 0.15) is 5.82 Å². The van der Waals surface area contributed by atoms with Crippen LogP contribution in [0.4, 0.5) is 4.39 Å². The van der Waals surface area contributed by atoms with Gasteiger partial charge in [0.15, 0.2) is 0 Å². The van der Waals surface area contributed by atoms with E-state index < -0.39 is 0 Å². The molecule has 0 bridgehead atoms. The maximum Gasteiger partial charge on any atom is 0.253 e. The Hall–Kier alpha value is -1.81. The summed E-state index contributed by atoms with van der Waals surface area (Å²) in [5.41, 5.74) is 3.24. The van der Waals surface area contributed by atoms with Crippen molar-refractivity contribution in [3.05, 3.63) is 71.0 Å². The maximum atomic E-state index is 13.0. The zero-order valence-corrected chi connectivity index (χ0v) is 14.0. The molecule has 0 saturated carbocycles. The topological polar surface area (TPSA) is 20.3 Å². The van der Waals surface area contributed by atoms with Crippen molar-refractivity contribution < 1.29 is 9.18 Å². The molecule has 2 aromatic rings. The number of thioether (sulfide) groups is 1. The fourth-order valence-electron chi connectivity index (χ4n) is 2.94. The molecule has 1 aliphatic heterocycles. The fraction of sp³-hybridized carbons (Fsp3) is 0.316. The average Bonchev–Trinajstić information content (AvgIpc) is 2.81. The quantitative estimate of drug-likeness (QED) is 0.811. The Kier molecular flexibility index (Phi) is 5.01. The summed E-state index contributed by atoms with van der Waals surface area (Å²) in [5.74, 6) is 0.606. The lowest BCUT2D eigenvalue weighted by atomic mass is 10.0. The van der Waals surface area contributed by atoms with Gasteiger partial charge in [-0.3, -0.25) is 4.79 Å². The number of hydrogen-bond acceptors (Lipinski definition) is 2. The van der Waals surface area contributed by atoms with Crippen LogP contribution >= 0.6 is 11.8 Å². The summed E-state index contributed by atoms with van der Waals surface area (Å²) in [6, 6.07) is 14.3. The van der Waals surface area contributed by atoms with Gasteiger partial charge in [0.05, 0.1) is 0 Å². The second-order valence-electron chi connectivity index (χ2n) is 5.80. The molecule has 0 radical (unpaired) electrons. The molecule has 3 rings (SSSR count). The summed E-state index contributed by atoms with van der Waals surface area (Å²) in [4.78, 5) is 14.5. The number of aryl methyl sites for hydroxylation is 1. The third-order valence-corrected chi connectivity index (χ3v) is 5.57. The van der Waals surface area contributed by atoms with Gasteiger partial charge in [-0.2, -0.15) is 11.8 Å². The van der Waals surface area contributed by atoms with Gasteiger partial charge in [-0.1, -0.05) is 24.3 Å². The average molecular weight is 329 g/mol. The lowest BCUT2D eigenvalue weighted by molar-refractivity contribution is 0.0766. The number of amides is 1. The van der Waals surface area contributed by atoms with Gasteiger partial charge in [0.25, 0.3) is 5.91 Å². The van der Waals surface area contributed by atoms with Gasteiger partial charge in [0.2, 0.25) is 0 Å². The summed E-state index contributed by atoms with van der Waals surface area (Å²) >= 11 is 1.92. The predicted molar refractivity (Wildman–Crippen MR) is 93.3 cm³/mol. The first kappa shape index (κ1) is 16.1. The van der Waals surface area contributed by atoms with Crippen LogP contribution in [0.1, 0.15) is 33.2 Å². The van der Waals surface area contributed by atoms with Gasteiger partial charge < -0.3 is 4.90 Å². The highest BCUT2D eigenvalue weighted by Gasteiger charge is 2.23. The number of hydrogen-bond donors (Lipinski definition) is 0. The molecule has 2 aromatic carbocycles. The van der Waals surface area contributed by atoms with Crippen molar-refractivity contribution in [1.82, 2.24) is 4.90 Å². The highest BCUT2D eigenvalue weighted by Crippen LogP contribution is 2.36. The van der Waals surface area contributed by atoms with E-state index >= 15 is 0 Å². The van der Waals surface area contributed by atoms with E-state index in [0.29, 0.717) is 10.8 Å². The van der Waals surface area contributed by atoms with Crippen LogP contribution in [0.2, 0.25) is 0 Å². The first-order chi connectivity index (χ1) is 11.1. The molecule has 0 aliphatic carbocycles. The molecule has 1 saturated heterocycles. The van der Waals surface area contributed by atoms with Crippen LogP contribution in [0.15, 0.2) is 48.5 Å². The summed E-state index contributed by atoms with van der Waals surface area (Å²) in [7, 11) is 0. The van der Waals surface area contributed by atoms with Crippen LogP contribution in [0, 0.1) is 12.7 Å². The standard InChI is InChI=1S/C19H20FNOS/c1-14-4-2-3-5-17(14)18-10-11-21(12-13-23-18)19(22)15-6-8-16(20)9-7-15/h2-9,18H,10-13H2,1H3. The second kappa shape index (κ2) is 7.18. The molecule has 1 amide bonds. The summed E-state index contributed by atoms with van der Waals surface area (Å²) in [6.45, 7) is 3.62. The molecule has 2 nitrogen and oxygen atoms in total. The van der Waals surface area contributed by atoms with Crippen molar-refractivity contribution in [2.24, 2.45) is 0 Å². The molecule has 1 heterocycles. The number of carbonyl (C=O) groups excluding carboxylic acids is 1. The van der Waals surface area contributed by atoms with E-state index in [9.17, 15) is 9.18 Å². The zero-order chi connectivity index (χ0) is 16.2. The van der Waals surface area contributed by atoms with Crippen molar-refractivity contribution in [1.29, 1.82) is 0 Å². The monoisotopic (exact) mass is 329 g/mol. The van der Waals surface area contributed by atoms with Crippen LogP contribution in [0.5, 0.6) is 0 Å². The van der Waals surface area contributed by atoms with E-state index in [2.05, 4.69) is 31.2 Å². The molecular formula is C19H20FNOS. The van der Waals surface area contributed by atoms with Crippen molar-refractivity contribution in [2.75, 3.05) is 18.8 Å². The minimum absolute atomic E-state index is 0.00367. The van der Waals surface area contributed by atoms with E-state index in [0.717, 1.165) is 25.3 Å². The van der Waals surface area contributed by atoms with E-state index in [-0.39, 0.29) is 11.7 Å². The van der Waals surface area contributed by atoms with Gasteiger partial charge >= 0.3 is 0 Å². The molecule has 0 N–H and O–H groups in total. The Labute approximate surface area is 140 Å². The van der Waals surface area contributed by atoms with Crippen LogP contribution in [0.25, 0.3) is 0 Å². The summed E-state index contributed by atoms with van der Waals surface area (Å²) in [5, 5.41) is 0.433. The van der Waals surface area contributed by atoms with E-state index in [1.54, 1.807) is 12.1 Å². The van der Waals surface area contributed by atoms with Crippen molar-refractivity contribution in [3.63, 3.8) is 0 Å². The molecular weight excluding hydrogens is 309 g/mol. The normalized spacial score (nSPS) is 18.5. The Balaban J connectivity index is 1.70. The van der Waals surface area contributed by atoms with Gasteiger partial charge in [-0.25, -0.2) is 4.39 Å². The number of nitrogens with zero attached hydrogens (tertiary/aromatic N) is 1. The molecule has 4 heteroatoms. The Morgan fingerprint density at radius 3 is 2.61 bits per heavy atom. The van der Waals surface area contributed by atoms with Crippen LogP contribution in [0.3, 0.4) is 0 Å². The Bertz CT molecular complexity index is 686. The van der Waals surface area contributed by atoms with Crippen molar-refractivity contribution >= 4 is 17.7 Å². The van der Waals surface area contributed by atoms with Crippen molar-refractivity contribution in [3.8, 4) is 0 Å². The Morgan fingerprint density at radius 2 is 1.87 bits per heavy atom. The zero-order valence-electron chi connectivity index (χ0n) is 13.2. The second-order valence-corrected chi connectivity index (χ2v) is 7.11. The lowest BCUT2D eigenvalue weighted by Gasteiger charge is -2.20. The van der Waals surface area contributed by atoms with E-state index in [1.807, 2.05) is 16.7 Å². The van der Waals surface area contributed by atoms with Gasteiger partial charge in [0, 0.05) is 29.7 Å². The highest BCUT2D eigenvalue weighted by atomic mass is 32.2. The SMILES string of the molecule is Cc1ccccc1C1CCN(C(=O)c2ccc(F)cc2)CCS1. The molecule has 1 unspecified atom stereocenters. The number of rotatable bonds is 2. The first-order valence-corrected chi connectivity index (χ1v) is 8.92. The molecule has 0 spiro atoms. The minimum atomic E-state index is -0.312. The molecule has 23 heavy (non-hydrogen) atoms. The summed E-state index contributed by atoms with van der Waals surface area (Å²) in [6.07, 6.45) is 0.947. The van der Waals surface area contributed by atoms with Crippen molar-refractivity contribution in [2.45, 2.75) is 18.6 Å². The van der Waals surface area contributed by atoms with Crippen LogP contribution in [-0.4, -0.2) is 29.6 Å². The van der Waals surface area contributed by atoms with E-state index in [1.165, 1.54) is 23.3 Å². The largest absolute Gasteiger partial charge is 0.338 e. The fourth-order valence-corrected chi connectivity index (χ4v) is 4.27. The van der Waals surface area contributed by atoms with Gasteiger partial charge in [-0.15, -0.1) is 0 Å². The third-order valence-electron chi connectivity index (χ3n) is 4.26. The highest BCUT2D eigenvalue weighted by molar-refractivity contribution is 7.99. The predicted octanol–water partition coefficient (Wildman–Crippen LogP) is 4.45. The number of carbonyl (C=O) groups is 1. The van der Waals surface area contributed by atoms with Gasteiger partial charge in [-0.05, 0) is 48.7 Å². The maximum absolute atomic E-state index is 13.0. The smallest absolute Gasteiger partial charge is 0.253 e. The summed E-state index contributed by atoms with van der Waals surface area (Å²) < 4.78 is 13.0. The molecule has 120 valence electrons. The van der Waals surface area contributed by atoms with Crippen LogP contribution < -0.4 is 0 Å². The molecule has 0 aromatic heterocycles. The molecule has 1 aliphatic rings. The molecule has 1 fully saturated rings. The number of benzene rings is 2.